The molecule has 18 heavy (non-hydrogen) atoms. The van der Waals surface area contributed by atoms with Gasteiger partial charge in [0.1, 0.15) is 5.76 Å². The number of hydrogen-bond donors (Lipinski definition) is 2. The SMILES string of the molecule is C[C@@H](NC(=O)C1CCC(CN)CC1)c1ccco1. The first kappa shape index (κ1) is 13.1. The summed E-state index contributed by atoms with van der Waals surface area (Å²) in [5.74, 6) is 1.70. The lowest BCUT2D eigenvalue weighted by Crippen LogP contribution is -2.35. The fourth-order valence-corrected chi connectivity index (χ4v) is 2.60. The smallest absolute Gasteiger partial charge is 0.223 e. The third-order valence-corrected chi connectivity index (χ3v) is 3.88. The first-order valence-electron chi connectivity index (χ1n) is 6.74. The zero-order valence-electron chi connectivity index (χ0n) is 10.9. The molecule has 1 aromatic rings. The molecule has 0 aliphatic heterocycles. The van der Waals surface area contributed by atoms with E-state index in [1.165, 1.54) is 0 Å². The van der Waals surface area contributed by atoms with Crippen molar-refractivity contribution in [3.8, 4) is 0 Å². The topological polar surface area (TPSA) is 68.3 Å². The van der Waals surface area contributed by atoms with Crippen LogP contribution in [0.1, 0.15) is 44.4 Å². The molecule has 1 amide bonds. The molecule has 1 saturated carbocycles. The molecule has 0 radical (unpaired) electrons. The maximum atomic E-state index is 12.1. The summed E-state index contributed by atoms with van der Waals surface area (Å²) < 4.78 is 5.29. The molecule has 1 heterocycles. The number of hydrogen-bond acceptors (Lipinski definition) is 3. The normalized spacial score (nSPS) is 25.7. The third kappa shape index (κ3) is 3.13. The van der Waals surface area contributed by atoms with Crippen molar-refractivity contribution >= 4 is 5.91 Å². The van der Waals surface area contributed by atoms with E-state index in [-0.39, 0.29) is 17.9 Å². The maximum Gasteiger partial charge on any atom is 0.223 e. The van der Waals surface area contributed by atoms with E-state index in [0.717, 1.165) is 38.0 Å². The van der Waals surface area contributed by atoms with Gasteiger partial charge in [-0.25, -0.2) is 0 Å². The van der Waals surface area contributed by atoms with Crippen molar-refractivity contribution in [3.05, 3.63) is 24.2 Å². The van der Waals surface area contributed by atoms with Crippen molar-refractivity contribution < 1.29 is 9.21 Å². The van der Waals surface area contributed by atoms with Crippen molar-refractivity contribution in [2.24, 2.45) is 17.6 Å². The molecule has 1 fully saturated rings. The summed E-state index contributed by atoms with van der Waals surface area (Å²) in [4.78, 5) is 12.1. The first-order valence-corrected chi connectivity index (χ1v) is 6.74. The Bertz CT molecular complexity index is 367. The van der Waals surface area contributed by atoms with Crippen LogP contribution in [-0.2, 0) is 4.79 Å². The van der Waals surface area contributed by atoms with Gasteiger partial charge in [0.25, 0.3) is 0 Å². The van der Waals surface area contributed by atoms with Crippen LogP contribution in [-0.4, -0.2) is 12.5 Å². The van der Waals surface area contributed by atoms with E-state index >= 15 is 0 Å². The van der Waals surface area contributed by atoms with Crippen LogP contribution in [0.4, 0.5) is 0 Å². The van der Waals surface area contributed by atoms with Crippen molar-refractivity contribution in [2.45, 2.75) is 38.6 Å². The Morgan fingerprint density at radius 1 is 1.50 bits per heavy atom. The summed E-state index contributed by atoms with van der Waals surface area (Å²) in [6.45, 7) is 2.69. The molecule has 0 saturated heterocycles. The van der Waals surface area contributed by atoms with Gasteiger partial charge in [0.05, 0.1) is 12.3 Å². The Hall–Kier alpha value is -1.29. The van der Waals surface area contributed by atoms with Crippen LogP contribution in [0, 0.1) is 11.8 Å². The Morgan fingerprint density at radius 3 is 2.78 bits per heavy atom. The largest absolute Gasteiger partial charge is 0.467 e. The lowest BCUT2D eigenvalue weighted by atomic mass is 9.81. The minimum Gasteiger partial charge on any atom is -0.467 e. The van der Waals surface area contributed by atoms with E-state index in [1.807, 2.05) is 19.1 Å². The van der Waals surface area contributed by atoms with Crippen molar-refractivity contribution in [3.63, 3.8) is 0 Å². The van der Waals surface area contributed by atoms with E-state index in [0.29, 0.717) is 5.92 Å². The Balaban J connectivity index is 1.82. The molecule has 3 N–H and O–H groups in total. The van der Waals surface area contributed by atoms with Crippen LogP contribution < -0.4 is 11.1 Å². The van der Waals surface area contributed by atoms with Gasteiger partial charge in [0, 0.05) is 5.92 Å². The number of rotatable bonds is 4. The van der Waals surface area contributed by atoms with Gasteiger partial charge in [-0.1, -0.05) is 0 Å². The van der Waals surface area contributed by atoms with E-state index in [9.17, 15) is 4.79 Å². The molecular weight excluding hydrogens is 228 g/mol. The van der Waals surface area contributed by atoms with E-state index in [2.05, 4.69) is 5.32 Å². The number of nitrogens with one attached hydrogen (secondary N) is 1. The zero-order valence-corrected chi connectivity index (χ0v) is 10.9. The van der Waals surface area contributed by atoms with Gasteiger partial charge in [-0.2, -0.15) is 0 Å². The molecule has 100 valence electrons. The van der Waals surface area contributed by atoms with Gasteiger partial charge in [0.15, 0.2) is 0 Å². The summed E-state index contributed by atoms with van der Waals surface area (Å²) in [6, 6.07) is 3.67. The molecule has 1 aromatic heterocycles. The fourth-order valence-electron chi connectivity index (χ4n) is 2.60. The van der Waals surface area contributed by atoms with Crippen LogP contribution in [0.15, 0.2) is 22.8 Å². The molecule has 4 heteroatoms. The third-order valence-electron chi connectivity index (χ3n) is 3.88. The molecule has 2 rings (SSSR count). The molecular formula is C14H22N2O2. The summed E-state index contributed by atoms with van der Waals surface area (Å²) in [7, 11) is 0. The first-order chi connectivity index (χ1) is 8.70. The lowest BCUT2D eigenvalue weighted by Gasteiger charge is -2.27. The summed E-state index contributed by atoms with van der Waals surface area (Å²) in [5, 5.41) is 3.02. The minimum absolute atomic E-state index is 0.0558. The van der Waals surface area contributed by atoms with E-state index < -0.39 is 0 Å². The van der Waals surface area contributed by atoms with E-state index in [4.69, 9.17) is 10.2 Å². The highest BCUT2D eigenvalue weighted by Crippen LogP contribution is 2.28. The summed E-state index contributed by atoms with van der Waals surface area (Å²) >= 11 is 0. The second kappa shape index (κ2) is 6.05. The second-order valence-corrected chi connectivity index (χ2v) is 5.20. The Labute approximate surface area is 108 Å². The Morgan fingerprint density at radius 2 is 2.22 bits per heavy atom. The maximum absolute atomic E-state index is 12.1. The highest BCUT2D eigenvalue weighted by atomic mass is 16.3. The standard InChI is InChI=1S/C14H22N2O2/c1-10(13-3-2-8-18-13)16-14(17)12-6-4-11(9-15)5-7-12/h2-3,8,10-12H,4-7,9,15H2,1H3,(H,16,17)/t10-,11?,12?/m1/s1. The molecule has 0 bridgehead atoms. The van der Waals surface area contributed by atoms with Crippen LogP contribution >= 0.6 is 0 Å². The van der Waals surface area contributed by atoms with Crippen molar-refractivity contribution in [2.75, 3.05) is 6.54 Å². The van der Waals surface area contributed by atoms with Gasteiger partial charge < -0.3 is 15.5 Å². The minimum atomic E-state index is -0.0558. The van der Waals surface area contributed by atoms with Crippen LogP contribution in [0.3, 0.4) is 0 Å². The van der Waals surface area contributed by atoms with Gasteiger partial charge in [0.2, 0.25) is 5.91 Å². The predicted molar refractivity (Wildman–Crippen MR) is 69.8 cm³/mol. The number of carbonyl (C=O) groups is 1. The van der Waals surface area contributed by atoms with Crippen LogP contribution in [0.2, 0.25) is 0 Å². The summed E-state index contributed by atoms with van der Waals surface area (Å²) in [6.07, 6.45) is 5.69. The average Bonchev–Trinajstić information content (AvgIpc) is 2.92. The molecule has 1 aliphatic carbocycles. The lowest BCUT2D eigenvalue weighted by molar-refractivity contribution is -0.127. The molecule has 0 aromatic carbocycles. The van der Waals surface area contributed by atoms with E-state index in [1.54, 1.807) is 6.26 Å². The van der Waals surface area contributed by atoms with Gasteiger partial charge in [-0.05, 0) is 57.2 Å². The van der Waals surface area contributed by atoms with Crippen molar-refractivity contribution in [1.29, 1.82) is 0 Å². The van der Waals surface area contributed by atoms with Gasteiger partial charge >= 0.3 is 0 Å². The quantitative estimate of drug-likeness (QED) is 0.861. The van der Waals surface area contributed by atoms with Gasteiger partial charge in [-0.3, -0.25) is 4.79 Å². The fraction of sp³-hybridized carbons (Fsp3) is 0.643. The second-order valence-electron chi connectivity index (χ2n) is 5.20. The van der Waals surface area contributed by atoms with Crippen molar-refractivity contribution in [1.82, 2.24) is 5.32 Å². The number of amides is 1. The molecule has 1 atom stereocenters. The van der Waals surface area contributed by atoms with Crippen LogP contribution in [0.5, 0.6) is 0 Å². The molecule has 0 unspecified atom stereocenters. The molecule has 0 spiro atoms. The summed E-state index contributed by atoms with van der Waals surface area (Å²) in [5.41, 5.74) is 5.66. The number of carbonyl (C=O) groups excluding carboxylic acids is 1. The number of furan rings is 1. The van der Waals surface area contributed by atoms with Gasteiger partial charge in [-0.15, -0.1) is 0 Å². The zero-order chi connectivity index (χ0) is 13.0. The molecule has 4 nitrogen and oxygen atoms in total. The average molecular weight is 250 g/mol. The Kier molecular flexibility index (Phi) is 4.42. The van der Waals surface area contributed by atoms with Crippen LogP contribution in [0.25, 0.3) is 0 Å². The molecule has 1 aliphatic rings. The highest BCUT2D eigenvalue weighted by Gasteiger charge is 2.26. The predicted octanol–water partition coefficient (Wildman–Crippen LogP) is 2.22. The monoisotopic (exact) mass is 250 g/mol. The highest BCUT2D eigenvalue weighted by molar-refractivity contribution is 5.79. The number of nitrogens with two attached hydrogens (primary N) is 1.